The number of nitrogens with zero attached hydrogens (tertiary/aromatic N) is 3. The minimum atomic E-state index is -4.51. The van der Waals surface area contributed by atoms with Crippen LogP contribution in [-0.2, 0) is 0 Å². The monoisotopic (exact) mass is 460 g/mol. The first-order valence-corrected chi connectivity index (χ1v) is 10.7. The minimum absolute atomic E-state index is 0.0310. The Hall–Kier alpha value is -1.93. The van der Waals surface area contributed by atoms with Crippen molar-refractivity contribution in [3.05, 3.63) is 45.6 Å². The molecule has 1 N–H and O–H groups in total. The first-order chi connectivity index (χ1) is 14.2. The van der Waals surface area contributed by atoms with Gasteiger partial charge in [0.15, 0.2) is 11.7 Å². The van der Waals surface area contributed by atoms with E-state index in [4.69, 9.17) is 23.2 Å². The highest BCUT2D eigenvalue weighted by Gasteiger charge is 2.47. The van der Waals surface area contributed by atoms with Crippen LogP contribution in [0.4, 0.5) is 19.0 Å². The van der Waals surface area contributed by atoms with Crippen molar-refractivity contribution >= 4 is 34.9 Å². The van der Waals surface area contributed by atoms with Gasteiger partial charge in [0.2, 0.25) is 0 Å². The lowest BCUT2D eigenvalue weighted by atomic mass is 9.97. The molecule has 1 aromatic heterocycles. The van der Waals surface area contributed by atoms with Crippen molar-refractivity contribution in [3.8, 4) is 0 Å². The molecule has 0 unspecified atom stereocenters. The Kier molecular flexibility index (Phi) is 5.90. The number of aromatic nitrogens is 2. The molecule has 0 saturated carbocycles. The second-order valence-electron chi connectivity index (χ2n) is 7.73. The fraction of sp³-hybridized carbons (Fsp3) is 0.500. The lowest BCUT2D eigenvalue weighted by Crippen LogP contribution is -2.36. The molecule has 2 aromatic rings. The first kappa shape index (κ1) is 21.3. The third-order valence-corrected chi connectivity index (χ3v) is 6.39. The van der Waals surface area contributed by atoms with E-state index in [1.165, 1.54) is 6.07 Å². The molecule has 2 aliphatic rings. The van der Waals surface area contributed by atoms with E-state index in [2.05, 4.69) is 10.4 Å². The molecule has 0 bridgehead atoms. The van der Waals surface area contributed by atoms with Gasteiger partial charge >= 0.3 is 6.18 Å². The first-order valence-electron chi connectivity index (χ1n) is 9.91. The van der Waals surface area contributed by atoms with Gasteiger partial charge in [0, 0.05) is 25.6 Å². The molecule has 0 spiro atoms. The summed E-state index contributed by atoms with van der Waals surface area (Å²) in [5.74, 6) is -0.162. The van der Waals surface area contributed by atoms with E-state index in [9.17, 15) is 18.0 Å². The summed E-state index contributed by atoms with van der Waals surface area (Å²) < 4.78 is 42.4. The molecule has 10 heteroatoms. The molecule has 30 heavy (non-hydrogen) atoms. The molecule has 1 saturated heterocycles. The number of hydrogen-bond donors (Lipinski definition) is 1. The molecular formula is C20H21Cl2F3N4O. The van der Waals surface area contributed by atoms with Gasteiger partial charge in [-0.25, -0.2) is 4.68 Å². The van der Waals surface area contributed by atoms with Crippen LogP contribution in [0.15, 0.2) is 24.3 Å². The third kappa shape index (κ3) is 4.25. The lowest BCUT2D eigenvalue weighted by molar-refractivity contribution is -0.173. The quantitative estimate of drug-likeness (QED) is 0.609. The van der Waals surface area contributed by atoms with E-state index in [-0.39, 0.29) is 28.9 Å². The maximum absolute atomic E-state index is 13.8. The summed E-state index contributed by atoms with van der Waals surface area (Å²) in [5.41, 5.74) is 0.620. The molecule has 1 fully saturated rings. The maximum atomic E-state index is 13.8. The number of carbonyl (C=O) groups is 1. The van der Waals surface area contributed by atoms with Gasteiger partial charge in [0.25, 0.3) is 5.91 Å². The van der Waals surface area contributed by atoms with Gasteiger partial charge in [-0.2, -0.15) is 18.3 Å². The van der Waals surface area contributed by atoms with Crippen LogP contribution < -0.4 is 5.32 Å². The predicted molar refractivity (Wildman–Crippen MR) is 109 cm³/mol. The normalized spacial score (nSPS) is 22.2. The lowest BCUT2D eigenvalue weighted by Gasteiger charge is -2.33. The largest absolute Gasteiger partial charge is 0.410 e. The molecule has 1 aromatic carbocycles. The Morgan fingerprint density at radius 1 is 1.07 bits per heavy atom. The number of benzene rings is 1. The van der Waals surface area contributed by atoms with E-state index in [1.807, 2.05) is 0 Å². The summed E-state index contributed by atoms with van der Waals surface area (Å²) in [7, 11) is 0. The average molecular weight is 461 g/mol. The Balaban J connectivity index is 1.66. The van der Waals surface area contributed by atoms with E-state index in [1.54, 1.807) is 23.1 Å². The summed E-state index contributed by atoms with van der Waals surface area (Å²) in [4.78, 5) is 14.6. The maximum Gasteiger partial charge on any atom is 0.410 e. The number of nitrogens with one attached hydrogen (secondary N) is 1. The summed E-state index contributed by atoms with van der Waals surface area (Å²) in [6.07, 6.45) is -0.906. The van der Waals surface area contributed by atoms with Crippen molar-refractivity contribution in [2.24, 2.45) is 0 Å². The number of carbonyl (C=O) groups excluding carboxylic acids is 1. The molecule has 5 nitrogen and oxygen atoms in total. The molecule has 2 aliphatic heterocycles. The van der Waals surface area contributed by atoms with Crippen molar-refractivity contribution in [1.82, 2.24) is 14.7 Å². The Bertz CT molecular complexity index is 939. The minimum Gasteiger partial charge on any atom is -0.363 e. The zero-order valence-electron chi connectivity index (χ0n) is 16.1. The van der Waals surface area contributed by atoms with Gasteiger partial charge in [0.1, 0.15) is 5.82 Å². The van der Waals surface area contributed by atoms with Crippen LogP contribution in [0, 0.1) is 0 Å². The molecule has 4 rings (SSSR count). The molecule has 162 valence electrons. The van der Waals surface area contributed by atoms with E-state index >= 15 is 0 Å². The van der Waals surface area contributed by atoms with Crippen LogP contribution in [0.25, 0.3) is 0 Å². The molecule has 2 atom stereocenters. The van der Waals surface area contributed by atoms with Crippen molar-refractivity contribution in [2.45, 2.75) is 50.4 Å². The van der Waals surface area contributed by atoms with Crippen molar-refractivity contribution in [2.75, 3.05) is 18.4 Å². The molecule has 3 heterocycles. The van der Waals surface area contributed by atoms with E-state index in [0.29, 0.717) is 23.7 Å². The highest BCUT2D eigenvalue weighted by atomic mass is 35.5. The Morgan fingerprint density at radius 3 is 2.40 bits per heavy atom. The van der Waals surface area contributed by atoms with Crippen LogP contribution in [0.1, 0.15) is 60.2 Å². The number of alkyl halides is 3. The SMILES string of the molecule is O=C(c1cc2n(n1)[C@@H](C(F)(F)F)C[C@H](c1ccc(Cl)c(Cl)c1)N2)N1CCCCCC1. The standard InChI is InChI=1S/C20H21Cl2F3N4O/c21-13-6-5-12(9-14(13)22)15-10-17(20(23,24)25)29-18(26-15)11-16(27-29)19(30)28-7-3-1-2-4-8-28/h5-6,9,11,15,17,26H,1-4,7-8,10H2/t15-,17-/m1/s1. The van der Waals surface area contributed by atoms with Gasteiger partial charge in [-0.05, 0) is 30.5 Å². The molecule has 1 amide bonds. The number of likely N-dealkylation sites (tertiary alicyclic amines) is 1. The van der Waals surface area contributed by atoms with Crippen LogP contribution in [0.2, 0.25) is 10.0 Å². The smallest absolute Gasteiger partial charge is 0.363 e. The summed E-state index contributed by atoms with van der Waals surface area (Å²) in [6.45, 7) is 1.20. The van der Waals surface area contributed by atoms with Crippen molar-refractivity contribution in [3.63, 3.8) is 0 Å². The number of halogens is 5. The van der Waals surface area contributed by atoms with Crippen LogP contribution in [0.5, 0.6) is 0 Å². The zero-order valence-corrected chi connectivity index (χ0v) is 17.6. The number of anilines is 1. The van der Waals surface area contributed by atoms with Crippen LogP contribution in [0.3, 0.4) is 0 Å². The second-order valence-corrected chi connectivity index (χ2v) is 8.54. The second kappa shape index (κ2) is 8.30. The fourth-order valence-electron chi connectivity index (χ4n) is 4.06. The zero-order chi connectivity index (χ0) is 21.5. The van der Waals surface area contributed by atoms with Crippen LogP contribution in [-0.4, -0.2) is 39.9 Å². The Morgan fingerprint density at radius 2 is 1.77 bits per heavy atom. The van der Waals surface area contributed by atoms with Gasteiger partial charge in [-0.15, -0.1) is 0 Å². The van der Waals surface area contributed by atoms with Gasteiger partial charge in [-0.3, -0.25) is 4.79 Å². The molecular weight excluding hydrogens is 440 g/mol. The van der Waals surface area contributed by atoms with Gasteiger partial charge in [-0.1, -0.05) is 42.1 Å². The summed E-state index contributed by atoms with van der Waals surface area (Å²) in [6, 6.07) is 3.69. The number of rotatable bonds is 2. The van der Waals surface area contributed by atoms with Crippen LogP contribution >= 0.6 is 23.2 Å². The fourth-order valence-corrected chi connectivity index (χ4v) is 4.37. The van der Waals surface area contributed by atoms with Crippen molar-refractivity contribution < 1.29 is 18.0 Å². The topological polar surface area (TPSA) is 50.2 Å². The Labute approximate surface area is 182 Å². The third-order valence-electron chi connectivity index (χ3n) is 5.65. The molecule has 0 aliphatic carbocycles. The number of hydrogen-bond acceptors (Lipinski definition) is 3. The number of amides is 1. The summed E-state index contributed by atoms with van der Waals surface area (Å²) in [5, 5.41) is 7.75. The van der Waals surface area contributed by atoms with E-state index < -0.39 is 18.3 Å². The molecule has 0 radical (unpaired) electrons. The highest BCUT2D eigenvalue weighted by Crippen LogP contribution is 2.44. The van der Waals surface area contributed by atoms with Gasteiger partial charge < -0.3 is 10.2 Å². The summed E-state index contributed by atoms with van der Waals surface area (Å²) >= 11 is 12.0. The van der Waals surface area contributed by atoms with E-state index in [0.717, 1.165) is 30.4 Å². The predicted octanol–water partition coefficient (Wildman–Crippen LogP) is 5.87. The highest BCUT2D eigenvalue weighted by molar-refractivity contribution is 6.42. The average Bonchev–Trinajstić information content (AvgIpc) is 2.93. The van der Waals surface area contributed by atoms with Crippen molar-refractivity contribution in [1.29, 1.82) is 0 Å². The van der Waals surface area contributed by atoms with Gasteiger partial charge in [0.05, 0.1) is 16.1 Å². The number of fused-ring (bicyclic) bond motifs is 1.